The maximum atomic E-state index is 14.4. The van der Waals surface area contributed by atoms with Gasteiger partial charge in [0.05, 0.1) is 36.3 Å². The monoisotopic (exact) mass is 584 g/mol. The molecule has 3 aromatic rings. The number of morpholine rings is 1. The number of carbonyl (C=O) groups is 2. The molecule has 0 bridgehead atoms. The zero-order valence-electron chi connectivity index (χ0n) is 22.9. The minimum absolute atomic E-state index is 0.272. The third kappa shape index (κ3) is 6.65. The predicted molar refractivity (Wildman–Crippen MR) is 149 cm³/mol. The Hall–Kier alpha value is -3.76. The number of alkyl halides is 3. The fraction of sp³-hybridized carbons (Fsp3) is 0.375. The number of ether oxygens (including phenoxy) is 1. The van der Waals surface area contributed by atoms with Crippen molar-refractivity contribution < 1.29 is 37.0 Å². The lowest BCUT2D eigenvalue weighted by molar-refractivity contribution is -0.148. The Balaban J connectivity index is 1.34. The van der Waals surface area contributed by atoms with Crippen LogP contribution in [0.4, 0.5) is 23.2 Å². The van der Waals surface area contributed by atoms with E-state index in [1.807, 2.05) is 36.4 Å². The smallest absolute Gasteiger partial charge is 0.416 e. The molecule has 5 rings (SSSR count). The van der Waals surface area contributed by atoms with Gasteiger partial charge in [0.15, 0.2) is 0 Å². The molecule has 1 saturated carbocycles. The molecule has 1 aliphatic heterocycles. The Morgan fingerprint density at radius 2 is 1.69 bits per heavy atom. The first-order valence-corrected chi connectivity index (χ1v) is 14.0. The molecule has 0 aromatic heterocycles. The summed E-state index contributed by atoms with van der Waals surface area (Å²) in [6, 6.07) is 17.7. The normalized spacial score (nSPS) is 21.6. The first-order valence-electron chi connectivity index (χ1n) is 14.0. The fourth-order valence-electron chi connectivity index (χ4n) is 6.08. The van der Waals surface area contributed by atoms with E-state index in [2.05, 4.69) is 22.3 Å². The zero-order valence-corrected chi connectivity index (χ0v) is 22.9. The summed E-state index contributed by atoms with van der Waals surface area (Å²) < 4.78 is 58.6. The molecule has 1 heterocycles. The van der Waals surface area contributed by atoms with Gasteiger partial charge in [-0.15, -0.1) is 0 Å². The van der Waals surface area contributed by atoms with Crippen LogP contribution in [0.3, 0.4) is 0 Å². The van der Waals surface area contributed by atoms with Gasteiger partial charge in [0.25, 0.3) is 0 Å². The van der Waals surface area contributed by atoms with E-state index in [0.29, 0.717) is 38.2 Å². The Morgan fingerprint density at radius 1 is 0.976 bits per heavy atom. The second-order valence-electron chi connectivity index (χ2n) is 10.9. The molecular formula is C32H32F4N2O4. The lowest BCUT2D eigenvalue weighted by atomic mass is 9.69. The molecule has 3 atom stereocenters. The van der Waals surface area contributed by atoms with Gasteiger partial charge in [-0.05, 0) is 59.2 Å². The van der Waals surface area contributed by atoms with Crippen LogP contribution in [-0.4, -0.2) is 48.2 Å². The van der Waals surface area contributed by atoms with Crippen LogP contribution in [0.25, 0.3) is 11.1 Å². The molecule has 10 heteroatoms. The molecule has 6 nitrogen and oxygen atoms in total. The summed E-state index contributed by atoms with van der Waals surface area (Å²) in [6.45, 7) is 3.95. The van der Waals surface area contributed by atoms with Gasteiger partial charge in [0, 0.05) is 19.6 Å². The minimum atomic E-state index is -4.73. The number of hydrogen-bond acceptors (Lipinski definition) is 4. The summed E-state index contributed by atoms with van der Waals surface area (Å²) in [4.78, 5) is 28.0. The van der Waals surface area contributed by atoms with E-state index < -0.39 is 52.9 Å². The number of rotatable bonds is 7. The molecule has 2 aliphatic rings. The van der Waals surface area contributed by atoms with Gasteiger partial charge in [-0.25, -0.2) is 4.39 Å². The average molecular weight is 585 g/mol. The number of benzene rings is 3. The minimum Gasteiger partial charge on any atom is -0.481 e. The van der Waals surface area contributed by atoms with Crippen molar-refractivity contribution in [1.82, 2.24) is 4.90 Å². The van der Waals surface area contributed by atoms with E-state index in [-0.39, 0.29) is 6.42 Å². The number of nitrogens with zero attached hydrogens (tertiary/aromatic N) is 1. The van der Waals surface area contributed by atoms with Gasteiger partial charge in [-0.1, -0.05) is 55.0 Å². The van der Waals surface area contributed by atoms with E-state index in [1.54, 1.807) is 0 Å². The number of amides is 1. The lowest BCUT2D eigenvalue weighted by Crippen LogP contribution is -2.40. The van der Waals surface area contributed by atoms with E-state index in [4.69, 9.17) is 4.74 Å². The average Bonchev–Trinajstić information content (AvgIpc) is 2.98. The molecule has 0 unspecified atom stereocenters. The van der Waals surface area contributed by atoms with Crippen molar-refractivity contribution in [1.29, 1.82) is 0 Å². The molecule has 222 valence electrons. The van der Waals surface area contributed by atoms with Crippen LogP contribution >= 0.6 is 0 Å². The highest BCUT2D eigenvalue weighted by Gasteiger charge is 2.43. The van der Waals surface area contributed by atoms with Crippen molar-refractivity contribution >= 4 is 17.6 Å². The Morgan fingerprint density at radius 3 is 2.36 bits per heavy atom. The summed E-state index contributed by atoms with van der Waals surface area (Å²) >= 11 is 0. The van der Waals surface area contributed by atoms with Gasteiger partial charge in [-0.3, -0.25) is 14.5 Å². The molecular weight excluding hydrogens is 552 g/mol. The molecule has 42 heavy (non-hydrogen) atoms. The number of halogens is 4. The number of carboxylic acid groups (broad SMARTS) is 1. The number of nitrogens with one attached hydrogen (secondary N) is 1. The van der Waals surface area contributed by atoms with Crippen LogP contribution in [0, 0.1) is 17.7 Å². The third-order valence-corrected chi connectivity index (χ3v) is 8.24. The number of aliphatic carboxylic acids is 1. The van der Waals surface area contributed by atoms with Crippen molar-refractivity contribution in [3.8, 4) is 11.1 Å². The zero-order chi connectivity index (χ0) is 29.9. The highest BCUT2D eigenvalue weighted by Crippen LogP contribution is 2.43. The van der Waals surface area contributed by atoms with Crippen LogP contribution < -0.4 is 5.32 Å². The van der Waals surface area contributed by atoms with Crippen LogP contribution in [0.1, 0.15) is 41.9 Å². The summed E-state index contributed by atoms with van der Waals surface area (Å²) in [6.07, 6.45) is -3.32. The summed E-state index contributed by atoms with van der Waals surface area (Å²) in [5.41, 5.74) is 2.46. The first kappa shape index (κ1) is 29.7. The molecule has 3 aromatic carbocycles. The van der Waals surface area contributed by atoms with Crippen molar-refractivity contribution in [2.45, 2.75) is 37.9 Å². The SMILES string of the molecule is O=C(O)[C@@H]1[C@@H](c2ccc(-c3ccccc3CN3CCOCC3)cc2)CCC[C@H]1C(=O)Nc1ccc(C(F)(F)F)cc1F. The molecule has 2 fully saturated rings. The van der Waals surface area contributed by atoms with Crippen molar-refractivity contribution in [3.63, 3.8) is 0 Å². The molecule has 1 amide bonds. The van der Waals surface area contributed by atoms with Crippen molar-refractivity contribution in [3.05, 3.63) is 89.2 Å². The number of hydrogen-bond donors (Lipinski definition) is 2. The molecule has 1 aliphatic carbocycles. The molecule has 0 spiro atoms. The van der Waals surface area contributed by atoms with Gasteiger partial charge in [0.1, 0.15) is 5.82 Å². The van der Waals surface area contributed by atoms with Gasteiger partial charge < -0.3 is 15.2 Å². The molecule has 1 saturated heterocycles. The van der Waals surface area contributed by atoms with E-state index in [9.17, 15) is 32.3 Å². The number of anilines is 1. The number of carboxylic acids is 1. The Bertz CT molecular complexity index is 1420. The number of carbonyl (C=O) groups excluding carboxylic acids is 1. The van der Waals surface area contributed by atoms with Crippen LogP contribution in [-0.2, 0) is 27.0 Å². The standard InChI is InChI=1S/C32H32F4N2O4/c33-27-18-23(32(34,35)36)12-13-28(27)37-30(39)26-7-3-6-25(29(26)31(40)41)21-10-8-20(9-11-21)24-5-2-1-4-22(24)19-38-14-16-42-17-15-38/h1-2,4-5,8-13,18,25-26,29H,3,6-7,14-17,19H2,(H,37,39)(H,40,41)/t25-,26-,29-/m1/s1. The van der Waals surface area contributed by atoms with Gasteiger partial charge in [0.2, 0.25) is 5.91 Å². The van der Waals surface area contributed by atoms with Crippen LogP contribution in [0.2, 0.25) is 0 Å². The van der Waals surface area contributed by atoms with Crippen molar-refractivity contribution in [2.24, 2.45) is 11.8 Å². The van der Waals surface area contributed by atoms with Crippen LogP contribution in [0.15, 0.2) is 66.7 Å². The maximum Gasteiger partial charge on any atom is 0.416 e. The van der Waals surface area contributed by atoms with E-state index >= 15 is 0 Å². The highest BCUT2D eigenvalue weighted by molar-refractivity contribution is 5.95. The first-order chi connectivity index (χ1) is 20.1. The lowest BCUT2D eigenvalue weighted by Gasteiger charge is -2.35. The molecule has 0 radical (unpaired) electrons. The quantitative estimate of drug-likeness (QED) is 0.308. The van der Waals surface area contributed by atoms with E-state index in [0.717, 1.165) is 42.4 Å². The van der Waals surface area contributed by atoms with Crippen LogP contribution in [0.5, 0.6) is 0 Å². The fourth-order valence-corrected chi connectivity index (χ4v) is 6.08. The van der Waals surface area contributed by atoms with Gasteiger partial charge >= 0.3 is 12.1 Å². The Kier molecular flexibility index (Phi) is 8.93. The van der Waals surface area contributed by atoms with Crippen molar-refractivity contribution in [2.75, 3.05) is 31.6 Å². The molecule has 2 N–H and O–H groups in total. The summed E-state index contributed by atoms with van der Waals surface area (Å²) in [7, 11) is 0. The second kappa shape index (κ2) is 12.6. The largest absolute Gasteiger partial charge is 0.481 e. The van der Waals surface area contributed by atoms with Gasteiger partial charge in [-0.2, -0.15) is 13.2 Å². The predicted octanol–water partition coefficient (Wildman–Crippen LogP) is 6.57. The maximum absolute atomic E-state index is 14.4. The summed E-state index contributed by atoms with van der Waals surface area (Å²) in [5, 5.41) is 12.5. The second-order valence-corrected chi connectivity index (χ2v) is 10.9. The highest BCUT2D eigenvalue weighted by atomic mass is 19.4. The third-order valence-electron chi connectivity index (χ3n) is 8.24. The summed E-state index contributed by atoms with van der Waals surface area (Å²) in [5.74, 6) is -5.61. The van der Waals surface area contributed by atoms with E-state index in [1.165, 1.54) is 5.56 Å². The Labute approximate surface area is 241 Å². The topological polar surface area (TPSA) is 78.9 Å².